The Labute approximate surface area is 72.5 Å². The first kappa shape index (κ1) is 11.4. The van der Waals surface area contributed by atoms with Gasteiger partial charge >= 0.3 is 0 Å². The minimum Gasteiger partial charge on any atom is -0.390 e. The van der Waals surface area contributed by atoms with E-state index in [1.807, 2.05) is 0 Å². The average molecular weight is 175 g/mol. The lowest BCUT2D eigenvalue weighted by Crippen LogP contribution is -2.47. The number of amides is 1. The van der Waals surface area contributed by atoms with Gasteiger partial charge in [-0.15, -0.1) is 0 Å². The first-order valence-electron chi connectivity index (χ1n) is 3.92. The minimum absolute atomic E-state index is 0.133. The molecule has 2 atom stereocenters. The van der Waals surface area contributed by atoms with Gasteiger partial charge in [0.25, 0.3) is 0 Å². The van der Waals surface area contributed by atoms with E-state index in [1.54, 1.807) is 14.0 Å². The van der Waals surface area contributed by atoms with Crippen molar-refractivity contribution in [3.05, 3.63) is 0 Å². The summed E-state index contributed by atoms with van der Waals surface area (Å²) in [5.41, 5.74) is 5.43. The van der Waals surface area contributed by atoms with Gasteiger partial charge in [-0.05, 0) is 14.0 Å². The van der Waals surface area contributed by atoms with Gasteiger partial charge in [-0.1, -0.05) is 0 Å². The van der Waals surface area contributed by atoms with Gasteiger partial charge in [0.05, 0.1) is 12.1 Å². The molecular weight excluding hydrogens is 158 g/mol. The number of rotatable bonds is 5. The highest BCUT2D eigenvalue weighted by Crippen LogP contribution is 1.89. The molecule has 0 spiro atoms. The zero-order valence-corrected chi connectivity index (χ0v) is 7.72. The third-order valence-corrected chi connectivity index (χ3v) is 1.50. The number of nitrogens with one attached hydrogen (secondary N) is 3. The fourth-order valence-electron chi connectivity index (χ4n) is 0.800. The van der Waals surface area contributed by atoms with E-state index in [1.165, 1.54) is 6.92 Å². The predicted molar refractivity (Wildman–Crippen MR) is 46.3 cm³/mol. The highest BCUT2D eigenvalue weighted by atomic mass is 16.3. The summed E-state index contributed by atoms with van der Waals surface area (Å²) in [7, 11) is 1.72. The smallest absolute Gasteiger partial charge is 0.217 e. The zero-order chi connectivity index (χ0) is 9.56. The van der Waals surface area contributed by atoms with Crippen LogP contribution in [0.25, 0.3) is 0 Å². The maximum atomic E-state index is 10.6. The standard InChI is InChI=1S/C7H17N3O2/c1-5(10-6(2)11)7(12)4-9-8-3/h5,7-9,12H,4H2,1-3H3,(H,10,11). The molecule has 0 aliphatic carbocycles. The van der Waals surface area contributed by atoms with Crippen molar-refractivity contribution in [2.45, 2.75) is 26.0 Å². The largest absolute Gasteiger partial charge is 0.390 e. The lowest BCUT2D eigenvalue weighted by Gasteiger charge is -2.19. The molecule has 0 aromatic carbocycles. The second-order valence-electron chi connectivity index (χ2n) is 2.69. The lowest BCUT2D eigenvalue weighted by molar-refractivity contribution is -0.120. The van der Waals surface area contributed by atoms with Crippen LogP contribution in [0.15, 0.2) is 0 Å². The van der Waals surface area contributed by atoms with Gasteiger partial charge in [0.15, 0.2) is 0 Å². The van der Waals surface area contributed by atoms with E-state index >= 15 is 0 Å². The van der Waals surface area contributed by atoms with Gasteiger partial charge in [-0.3, -0.25) is 15.6 Å². The molecule has 5 heteroatoms. The van der Waals surface area contributed by atoms with Crippen molar-refractivity contribution >= 4 is 5.91 Å². The van der Waals surface area contributed by atoms with E-state index < -0.39 is 6.10 Å². The fourth-order valence-corrected chi connectivity index (χ4v) is 0.800. The number of aliphatic hydroxyl groups is 1. The fraction of sp³-hybridized carbons (Fsp3) is 0.857. The highest BCUT2D eigenvalue weighted by Gasteiger charge is 2.13. The molecule has 0 saturated heterocycles. The summed E-state index contributed by atoms with van der Waals surface area (Å²) in [6.45, 7) is 3.58. The molecule has 0 aliphatic heterocycles. The van der Waals surface area contributed by atoms with Crippen LogP contribution in [0.2, 0.25) is 0 Å². The van der Waals surface area contributed by atoms with Crippen molar-refractivity contribution in [3.63, 3.8) is 0 Å². The van der Waals surface area contributed by atoms with Crippen LogP contribution in [0.3, 0.4) is 0 Å². The SMILES string of the molecule is CNNCC(O)C(C)NC(C)=O. The van der Waals surface area contributed by atoms with Crippen molar-refractivity contribution in [1.82, 2.24) is 16.2 Å². The van der Waals surface area contributed by atoms with Crippen LogP contribution in [-0.4, -0.2) is 36.8 Å². The van der Waals surface area contributed by atoms with Gasteiger partial charge in [-0.25, -0.2) is 0 Å². The summed E-state index contributed by atoms with van der Waals surface area (Å²) in [6.07, 6.45) is -0.582. The van der Waals surface area contributed by atoms with E-state index in [2.05, 4.69) is 16.2 Å². The van der Waals surface area contributed by atoms with Crippen LogP contribution in [0.1, 0.15) is 13.8 Å². The van der Waals surface area contributed by atoms with Crippen LogP contribution in [0.4, 0.5) is 0 Å². The molecule has 0 fully saturated rings. The summed E-state index contributed by atoms with van der Waals surface area (Å²) in [6, 6.07) is -0.233. The summed E-state index contributed by atoms with van der Waals surface area (Å²) in [4.78, 5) is 10.6. The molecule has 0 aromatic rings. The Morgan fingerprint density at radius 1 is 1.58 bits per heavy atom. The Morgan fingerprint density at radius 3 is 2.58 bits per heavy atom. The number of hydrazine groups is 1. The van der Waals surface area contributed by atoms with E-state index in [4.69, 9.17) is 0 Å². The van der Waals surface area contributed by atoms with Crippen LogP contribution in [0, 0.1) is 0 Å². The van der Waals surface area contributed by atoms with Crippen molar-refractivity contribution in [1.29, 1.82) is 0 Å². The Kier molecular flexibility index (Phi) is 5.61. The molecular formula is C7H17N3O2. The highest BCUT2D eigenvalue weighted by molar-refractivity contribution is 5.73. The Morgan fingerprint density at radius 2 is 2.17 bits per heavy atom. The molecule has 0 rings (SSSR count). The summed E-state index contributed by atoms with van der Waals surface area (Å²) < 4.78 is 0. The number of hydrogen-bond donors (Lipinski definition) is 4. The van der Waals surface area contributed by atoms with Crippen LogP contribution in [0.5, 0.6) is 0 Å². The average Bonchev–Trinajstić information content (AvgIpc) is 1.98. The number of hydrogen-bond acceptors (Lipinski definition) is 4. The van der Waals surface area contributed by atoms with Crippen LogP contribution in [-0.2, 0) is 4.79 Å². The molecule has 2 unspecified atom stereocenters. The Bertz CT molecular complexity index is 141. The number of carbonyl (C=O) groups is 1. The van der Waals surface area contributed by atoms with Crippen LogP contribution >= 0.6 is 0 Å². The second kappa shape index (κ2) is 5.93. The molecule has 0 radical (unpaired) electrons. The number of aliphatic hydroxyl groups excluding tert-OH is 1. The molecule has 5 nitrogen and oxygen atoms in total. The first-order valence-corrected chi connectivity index (χ1v) is 3.92. The Balaban J connectivity index is 3.60. The summed E-state index contributed by atoms with van der Waals surface area (Å²) >= 11 is 0. The van der Waals surface area contributed by atoms with Gasteiger partial charge < -0.3 is 10.4 Å². The second-order valence-corrected chi connectivity index (χ2v) is 2.69. The topological polar surface area (TPSA) is 73.4 Å². The van der Waals surface area contributed by atoms with Gasteiger partial charge in [0, 0.05) is 13.5 Å². The molecule has 0 heterocycles. The molecule has 0 saturated carbocycles. The predicted octanol–water partition coefficient (Wildman–Crippen LogP) is -1.40. The van der Waals surface area contributed by atoms with Gasteiger partial charge in [-0.2, -0.15) is 0 Å². The molecule has 0 aliphatic rings. The minimum atomic E-state index is -0.582. The zero-order valence-electron chi connectivity index (χ0n) is 7.72. The molecule has 1 amide bonds. The quantitative estimate of drug-likeness (QED) is 0.388. The number of carbonyl (C=O) groups excluding carboxylic acids is 1. The van der Waals surface area contributed by atoms with E-state index in [0.717, 1.165) is 0 Å². The van der Waals surface area contributed by atoms with Crippen molar-refractivity contribution in [2.75, 3.05) is 13.6 Å². The van der Waals surface area contributed by atoms with Crippen molar-refractivity contribution < 1.29 is 9.90 Å². The van der Waals surface area contributed by atoms with Crippen molar-refractivity contribution in [3.8, 4) is 0 Å². The molecule has 12 heavy (non-hydrogen) atoms. The summed E-state index contributed by atoms with van der Waals surface area (Å²) in [5, 5.41) is 12.0. The van der Waals surface area contributed by atoms with Crippen LogP contribution < -0.4 is 16.2 Å². The third kappa shape index (κ3) is 5.06. The first-order chi connectivity index (χ1) is 5.57. The normalized spacial score (nSPS) is 15.3. The van der Waals surface area contributed by atoms with E-state index in [0.29, 0.717) is 6.54 Å². The maximum Gasteiger partial charge on any atom is 0.217 e. The lowest BCUT2D eigenvalue weighted by atomic mass is 10.2. The third-order valence-electron chi connectivity index (χ3n) is 1.50. The Hall–Kier alpha value is -0.650. The summed E-state index contributed by atoms with van der Waals surface area (Å²) in [5.74, 6) is -0.133. The van der Waals surface area contributed by atoms with Crippen molar-refractivity contribution in [2.24, 2.45) is 0 Å². The molecule has 4 N–H and O–H groups in total. The van der Waals surface area contributed by atoms with E-state index in [9.17, 15) is 9.90 Å². The molecule has 0 bridgehead atoms. The molecule has 72 valence electrons. The van der Waals surface area contributed by atoms with E-state index in [-0.39, 0.29) is 11.9 Å². The molecule has 0 aromatic heterocycles. The van der Waals surface area contributed by atoms with Gasteiger partial charge in [0.1, 0.15) is 0 Å². The van der Waals surface area contributed by atoms with Gasteiger partial charge in [0.2, 0.25) is 5.91 Å². The monoisotopic (exact) mass is 175 g/mol. The maximum absolute atomic E-state index is 10.6.